The molecular weight excluding hydrogens is 442 g/mol. The van der Waals surface area contributed by atoms with Crippen molar-refractivity contribution >= 4 is 0 Å². The smallest absolute Gasteiger partial charge is 0.161 e. The number of nitrogens with zero attached hydrogens (tertiary/aromatic N) is 3. The zero-order chi connectivity index (χ0) is 24.5. The molecule has 7 heteroatoms. The third kappa shape index (κ3) is 6.99. The van der Waals surface area contributed by atoms with Crippen molar-refractivity contribution in [3.63, 3.8) is 0 Å². The minimum Gasteiger partial charge on any atom is -0.493 e. The average molecular weight is 480 g/mol. The molecule has 0 bridgehead atoms. The van der Waals surface area contributed by atoms with Crippen LogP contribution in [0.25, 0.3) is 0 Å². The van der Waals surface area contributed by atoms with Crippen LogP contribution < -0.4 is 14.2 Å². The van der Waals surface area contributed by atoms with Crippen molar-refractivity contribution in [3.05, 3.63) is 72.1 Å². The molecule has 0 aliphatic carbocycles. The van der Waals surface area contributed by atoms with Crippen molar-refractivity contribution in [1.29, 1.82) is 0 Å². The number of ether oxygens (including phenoxy) is 4. The van der Waals surface area contributed by atoms with Gasteiger partial charge in [-0.05, 0) is 68.6 Å². The lowest BCUT2D eigenvalue weighted by Crippen LogP contribution is -2.39. The molecule has 0 radical (unpaired) electrons. The number of aryl methyl sites for hydroxylation is 1. The van der Waals surface area contributed by atoms with Crippen molar-refractivity contribution in [3.8, 4) is 17.2 Å². The first-order chi connectivity index (χ1) is 17.1. The van der Waals surface area contributed by atoms with Gasteiger partial charge in [0, 0.05) is 32.6 Å². The van der Waals surface area contributed by atoms with Gasteiger partial charge in [-0.1, -0.05) is 23.8 Å². The molecule has 3 aromatic rings. The van der Waals surface area contributed by atoms with E-state index in [9.17, 15) is 0 Å². The van der Waals surface area contributed by atoms with E-state index >= 15 is 0 Å². The summed E-state index contributed by atoms with van der Waals surface area (Å²) >= 11 is 0. The third-order valence-electron chi connectivity index (χ3n) is 6.72. The first-order valence-corrected chi connectivity index (χ1v) is 12.3. The highest BCUT2D eigenvalue weighted by Gasteiger charge is 2.33. The molecule has 1 fully saturated rings. The van der Waals surface area contributed by atoms with Crippen LogP contribution in [0.1, 0.15) is 30.4 Å². The van der Waals surface area contributed by atoms with E-state index in [2.05, 4.69) is 41.2 Å². The second-order valence-electron chi connectivity index (χ2n) is 9.22. The van der Waals surface area contributed by atoms with Gasteiger partial charge in [0.2, 0.25) is 0 Å². The minimum absolute atomic E-state index is 0.260. The Bertz CT molecular complexity index is 1040. The molecule has 35 heavy (non-hydrogen) atoms. The fourth-order valence-corrected chi connectivity index (χ4v) is 4.51. The third-order valence-corrected chi connectivity index (χ3v) is 6.72. The molecule has 188 valence electrons. The van der Waals surface area contributed by atoms with Crippen LogP contribution in [0.15, 0.2) is 60.9 Å². The number of aromatic nitrogens is 2. The first-order valence-electron chi connectivity index (χ1n) is 12.3. The van der Waals surface area contributed by atoms with Crippen LogP contribution in [0.3, 0.4) is 0 Å². The molecular formula is C28H37N3O4. The molecule has 0 spiro atoms. The zero-order valence-corrected chi connectivity index (χ0v) is 21.1. The summed E-state index contributed by atoms with van der Waals surface area (Å²) in [4.78, 5) is 2.49. The molecule has 2 heterocycles. The van der Waals surface area contributed by atoms with Crippen LogP contribution >= 0.6 is 0 Å². The molecule has 2 aromatic carbocycles. The molecule has 4 rings (SSSR count). The van der Waals surface area contributed by atoms with Gasteiger partial charge in [-0.15, -0.1) is 0 Å². The highest BCUT2D eigenvalue weighted by Crippen LogP contribution is 2.31. The Hall–Kier alpha value is -3.03. The Morgan fingerprint density at radius 2 is 1.83 bits per heavy atom. The van der Waals surface area contributed by atoms with Gasteiger partial charge in [0.15, 0.2) is 11.5 Å². The summed E-state index contributed by atoms with van der Waals surface area (Å²) in [7, 11) is 3.50. The average Bonchev–Trinajstić information content (AvgIpc) is 3.32. The van der Waals surface area contributed by atoms with Gasteiger partial charge < -0.3 is 18.9 Å². The summed E-state index contributed by atoms with van der Waals surface area (Å²) in [5.74, 6) is 2.41. The van der Waals surface area contributed by atoms with Crippen molar-refractivity contribution in [2.24, 2.45) is 0 Å². The highest BCUT2D eigenvalue weighted by atomic mass is 16.5. The second-order valence-corrected chi connectivity index (χ2v) is 9.22. The minimum atomic E-state index is -0.260. The maximum atomic E-state index is 6.12. The fourth-order valence-electron chi connectivity index (χ4n) is 4.51. The molecule has 1 aliphatic heterocycles. The molecule has 1 saturated heterocycles. The van der Waals surface area contributed by atoms with Crippen LogP contribution in [-0.2, 0) is 17.8 Å². The molecule has 7 nitrogen and oxygen atoms in total. The molecule has 1 atom stereocenters. The van der Waals surface area contributed by atoms with Crippen molar-refractivity contribution in [2.75, 3.05) is 40.5 Å². The van der Waals surface area contributed by atoms with Gasteiger partial charge in [-0.2, -0.15) is 5.10 Å². The molecule has 0 N–H and O–H groups in total. The number of rotatable bonds is 11. The maximum Gasteiger partial charge on any atom is 0.161 e. The predicted molar refractivity (Wildman–Crippen MR) is 136 cm³/mol. The van der Waals surface area contributed by atoms with Crippen LogP contribution in [0.5, 0.6) is 17.2 Å². The molecule has 0 amide bonds. The molecule has 0 saturated carbocycles. The van der Waals surface area contributed by atoms with Gasteiger partial charge in [0.1, 0.15) is 24.6 Å². The monoisotopic (exact) mass is 479 g/mol. The lowest BCUT2D eigenvalue weighted by Gasteiger charge is -2.31. The summed E-state index contributed by atoms with van der Waals surface area (Å²) in [6.07, 6.45) is 6.68. The van der Waals surface area contributed by atoms with E-state index in [1.165, 1.54) is 11.1 Å². The summed E-state index contributed by atoms with van der Waals surface area (Å²) < 4.78 is 25.6. The lowest BCUT2D eigenvalue weighted by atomic mass is 9.95. The van der Waals surface area contributed by atoms with Gasteiger partial charge in [0.05, 0.1) is 13.7 Å². The van der Waals surface area contributed by atoms with Crippen LogP contribution in [-0.4, -0.2) is 60.8 Å². The Kier molecular flexibility index (Phi) is 8.66. The SMILES string of the molecule is COc1cc(CN2CCCC(COc3ccc(C)cc3)(OC)CC2)ccc1OCCn1cccn1. The summed E-state index contributed by atoms with van der Waals surface area (Å²) in [5.41, 5.74) is 2.18. The normalized spacial score (nSPS) is 18.7. The predicted octanol–water partition coefficient (Wildman–Crippen LogP) is 4.73. The first kappa shape index (κ1) is 25.1. The molecule has 1 aliphatic rings. The van der Waals surface area contributed by atoms with E-state index in [1.807, 2.05) is 42.3 Å². The standard InChI is InChI=1S/C28H37N3O4/c1-23-6-9-25(10-7-23)35-22-28(33-3)12-4-15-30(17-13-28)21-24-8-11-26(27(20-24)32-2)34-19-18-31-16-5-14-29-31/h5-11,14,16,20H,4,12-13,15,17-19,21-22H2,1-3H3. The largest absolute Gasteiger partial charge is 0.493 e. The summed E-state index contributed by atoms with van der Waals surface area (Å²) in [6.45, 7) is 6.73. The van der Waals surface area contributed by atoms with Crippen LogP contribution in [0.2, 0.25) is 0 Å². The number of methoxy groups -OCH3 is 2. The number of hydrogen-bond acceptors (Lipinski definition) is 6. The van der Waals surface area contributed by atoms with E-state index in [0.717, 1.165) is 56.1 Å². The van der Waals surface area contributed by atoms with Gasteiger partial charge in [0.25, 0.3) is 0 Å². The van der Waals surface area contributed by atoms with E-state index in [4.69, 9.17) is 18.9 Å². The summed E-state index contributed by atoms with van der Waals surface area (Å²) in [5, 5.41) is 4.21. The van der Waals surface area contributed by atoms with E-state index < -0.39 is 0 Å². The second kappa shape index (κ2) is 12.1. The highest BCUT2D eigenvalue weighted by molar-refractivity contribution is 5.43. The Morgan fingerprint density at radius 1 is 0.971 bits per heavy atom. The summed E-state index contributed by atoms with van der Waals surface area (Å²) in [6, 6.07) is 16.3. The number of hydrogen-bond donors (Lipinski definition) is 0. The van der Waals surface area contributed by atoms with Crippen LogP contribution in [0.4, 0.5) is 0 Å². The topological polar surface area (TPSA) is 58.0 Å². The molecule has 1 aromatic heterocycles. The van der Waals surface area contributed by atoms with Crippen LogP contribution in [0, 0.1) is 6.92 Å². The van der Waals surface area contributed by atoms with E-state index in [1.54, 1.807) is 13.3 Å². The zero-order valence-electron chi connectivity index (χ0n) is 21.1. The maximum absolute atomic E-state index is 6.12. The number of benzene rings is 2. The van der Waals surface area contributed by atoms with Gasteiger partial charge >= 0.3 is 0 Å². The van der Waals surface area contributed by atoms with Crippen molar-refractivity contribution in [2.45, 2.75) is 44.9 Å². The van der Waals surface area contributed by atoms with E-state index in [0.29, 0.717) is 19.8 Å². The number of likely N-dealkylation sites (tertiary alicyclic amines) is 1. The quantitative estimate of drug-likeness (QED) is 0.396. The van der Waals surface area contributed by atoms with Gasteiger partial charge in [-0.25, -0.2) is 0 Å². The lowest BCUT2D eigenvalue weighted by molar-refractivity contribution is -0.0541. The van der Waals surface area contributed by atoms with Crippen molar-refractivity contribution < 1.29 is 18.9 Å². The Labute approximate surface area is 208 Å². The molecule has 1 unspecified atom stereocenters. The Balaban J connectivity index is 1.31. The van der Waals surface area contributed by atoms with Crippen molar-refractivity contribution in [1.82, 2.24) is 14.7 Å². The van der Waals surface area contributed by atoms with Gasteiger partial charge in [-0.3, -0.25) is 9.58 Å². The fraction of sp³-hybridized carbons (Fsp3) is 0.464. The van der Waals surface area contributed by atoms with E-state index in [-0.39, 0.29) is 5.60 Å². The Morgan fingerprint density at radius 3 is 2.57 bits per heavy atom.